The van der Waals surface area contributed by atoms with Crippen molar-refractivity contribution >= 4 is 11.9 Å². The van der Waals surface area contributed by atoms with E-state index in [1.165, 1.54) is 6.26 Å². The van der Waals surface area contributed by atoms with E-state index in [0.29, 0.717) is 26.1 Å². The molecule has 0 saturated carbocycles. The number of aryl methyl sites for hydroxylation is 1. The van der Waals surface area contributed by atoms with Gasteiger partial charge in [0.05, 0.1) is 13.4 Å². The zero-order valence-electron chi connectivity index (χ0n) is 14.4. The summed E-state index contributed by atoms with van der Waals surface area (Å²) in [6.07, 6.45) is 2.11. The predicted octanol–water partition coefficient (Wildman–Crippen LogP) is 1.87. The molecule has 0 aliphatic heterocycles. The smallest absolute Gasteiger partial charge is 0.314 e. The van der Waals surface area contributed by atoms with Gasteiger partial charge in [-0.05, 0) is 37.1 Å². The first-order valence-electron chi connectivity index (χ1n) is 8.07. The molecule has 2 aromatic rings. The van der Waals surface area contributed by atoms with Gasteiger partial charge in [0, 0.05) is 19.6 Å². The Morgan fingerprint density at radius 2 is 1.84 bits per heavy atom. The Balaban J connectivity index is 1.63. The number of benzene rings is 1. The third kappa shape index (κ3) is 5.87. The van der Waals surface area contributed by atoms with Gasteiger partial charge >= 0.3 is 6.03 Å². The van der Waals surface area contributed by atoms with Crippen molar-refractivity contribution < 1.29 is 18.7 Å². The van der Waals surface area contributed by atoms with Crippen molar-refractivity contribution in [2.24, 2.45) is 0 Å². The summed E-state index contributed by atoms with van der Waals surface area (Å²) < 4.78 is 10.3. The maximum absolute atomic E-state index is 11.7. The minimum atomic E-state index is -0.307. The highest BCUT2D eigenvalue weighted by molar-refractivity contribution is 5.91. The summed E-state index contributed by atoms with van der Waals surface area (Å²) in [5, 5.41) is 8.12. The quantitative estimate of drug-likeness (QED) is 0.637. The van der Waals surface area contributed by atoms with Crippen LogP contribution in [-0.4, -0.2) is 38.7 Å². The predicted molar refractivity (Wildman–Crippen MR) is 93.9 cm³/mol. The summed E-state index contributed by atoms with van der Waals surface area (Å²) in [7, 11) is 1.63. The molecule has 0 atom stereocenters. The number of hydrogen-bond acceptors (Lipinski definition) is 4. The number of methoxy groups -OCH3 is 1. The molecule has 2 rings (SSSR count). The lowest BCUT2D eigenvalue weighted by molar-refractivity contribution is 0.0926. The first-order valence-corrected chi connectivity index (χ1v) is 8.07. The van der Waals surface area contributed by atoms with Gasteiger partial charge in [0.2, 0.25) is 0 Å². The number of carbonyl (C=O) groups is 2. The minimum Gasteiger partial charge on any atom is -0.496 e. The summed E-state index contributed by atoms with van der Waals surface area (Å²) in [6.45, 7) is 3.15. The van der Waals surface area contributed by atoms with Gasteiger partial charge in [-0.1, -0.05) is 17.7 Å². The van der Waals surface area contributed by atoms with Gasteiger partial charge in [-0.25, -0.2) is 4.79 Å². The van der Waals surface area contributed by atoms with Gasteiger partial charge in [0.25, 0.3) is 5.91 Å². The summed E-state index contributed by atoms with van der Waals surface area (Å²) in [5.74, 6) is 0.753. The van der Waals surface area contributed by atoms with Crippen molar-refractivity contribution in [2.75, 3.05) is 26.7 Å². The number of urea groups is 1. The van der Waals surface area contributed by atoms with Crippen LogP contribution in [0.15, 0.2) is 41.0 Å². The molecule has 0 aliphatic carbocycles. The zero-order valence-corrected chi connectivity index (χ0v) is 14.4. The van der Waals surface area contributed by atoms with E-state index < -0.39 is 0 Å². The average Bonchev–Trinajstić information content (AvgIpc) is 3.13. The monoisotopic (exact) mass is 345 g/mol. The fourth-order valence-electron chi connectivity index (χ4n) is 2.32. The number of hydrogen-bond donors (Lipinski definition) is 3. The van der Waals surface area contributed by atoms with Crippen molar-refractivity contribution in [3.63, 3.8) is 0 Å². The molecule has 3 amide bonds. The molecule has 0 unspecified atom stereocenters. The fourth-order valence-corrected chi connectivity index (χ4v) is 2.32. The van der Waals surface area contributed by atoms with Crippen molar-refractivity contribution in [3.05, 3.63) is 53.5 Å². The third-order valence-corrected chi connectivity index (χ3v) is 3.56. The maximum atomic E-state index is 11.7. The van der Waals surface area contributed by atoms with E-state index in [9.17, 15) is 9.59 Å². The Morgan fingerprint density at radius 3 is 2.56 bits per heavy atom. The lowest BCUT2D eigenvalue weighted by Crippen LogP contribution is -2.40. The average molecular weight is 345 g/mol. The van der Waals surface area contributed by atoms with Crippen LogP contribution in [-0.2, 0) is 6.42 Å². The fraction of sp³-hybridized carbons (Fsp3) is 0.333. The number of ether oxygens (including phenoxy) is 1. The van der Waals surface area contributed by atoms with Crippen molar-refractivity contribution in [2.45, 2.75) is 13.3 Å². The van der Waals surface area contributed by atoms with Crippen LogP contribution in [0.25, 0.3) is 0 Å². The molecule has 134 valence electrons. The van der Waals surface area contributed by atoms with Crippen molar-refractivity contribution in [1.82, 2.24) is 16.0 Å². The molecule has 7 heteroatoms. The van der Waals surface area contributed by atoms with Gasteiger partial charge in [-0.3, -0.25) is 4.79 Å². The Kier molecular flexibility index (Phi) is 6.88. The van der Waals surface area contributed by atoms with Gasteiger partial charge in [0.1, 0.15) is 5.75 Å². The van der Waals surface area contributed by atoms with Crippen LogP contribution in [0, 0.1) is 6.92 Å². The topological polar surface area (TPSA) is 92.6 Å². The molecule has 0 saturated heterocycles. The second kappa shape index (κ2) is 9.36. The Bertz CT molecular complexity index is 698. The van der Waals surface area contributed by atoms with Crippen LogP contribution >= 0.6 is 0 Å². The highest BCUT2D eigenvalue weighted by Crippen LogP contribution is 2.19. The van der Waals surface area contributed by atoms with Crippen LogP contribution in [0.2, 0.25) is 0 Å². The summed E-state index contributed by atoms with van der Waals surface area (Å²) >= 11 is 0. The Labute approximate surface area is 146 Å². The van der Waals surface area contributed by atoms with E-state index in [0.717, 1.165) is 16.9 Å². The van der Waals surface area contributed by atoms with Crippen molar-refractivity contribution in [1.29, 1.82) is 0 Å². The molecule has 25 heavy (non-hydrogen) atoms. The highest BCUT2D eigenvalue weighted by atomic mass is 16.5. The highest BCUT2D eigenvalue weighted by Gasteiger charge is 2.07. The number of furan rings is 1. The van der Waals surface area contributed by atoms with Crippen LogP contribution in [0.5, 0.6) is 5.75 Å². The van der Waals surface area contributed by atoms with E-state index in [2.05, 4.69) is 16.0 Å². The third-order valence-electron chi connectivity index (χ3n) is 3.56. The molecule has 0 fully saturated rings. The summed E-state index contributed by atoms with van der Waals surface area (Å²) in [5.41, 5.74) is 2.20. The molecule has 1 aromatic heterocycles. The number of amides is 3. The molecule has 7 nitrogen and oxygen atoms in total. The molecular weight excluding hydrogens is 322 g/mol. The van der Waals surface area contributed by atoms with Crippen LogP contribution < -0.4 is 20.7 Å². The Hall–Kier alpha value is -2.96. The van der Waals surface area contributed by atoms with Crippen LogP contribution in [0.1, 0.15) is 21.7 Å². The molecular formula is C18H23N3O4. The standard InChI is InChI=1S/C18H23N3O4/c1-13-5-6-15(24-2)14(12-13)7-8-20-18(23)21-10-9-19-17(22)16-4-3-11-25-16/h3-6,11-12H,7-10H2,1-2H3,(H,19,22)(H2,20,21,23). The largest absolute Gasteiger partial charge is 0.496 e. The minimum absolute atomic E-state index is 0.247. The SMILES string of the molecule is COc1ccc(C)cc1CCNC(=O)NCCNC(=O)c1ccco1. The number of rotatable bonds is 8. The zero-order chi connectivity index (χ0) is 18.1. The second-order valence-corrected chi connectivity index (χ2v) is 5.48. The van der Waals surface area contributed by atoms with Crippen LogP contribution in [0.3, 0.4) is 0 Å². The van der Waals surface area contributed by atoms with Crippen molar-refractivity contribution in [3.8, 4) is 5.75 Å². The van der Waals surface area contributed by atoms with E-state index in [1.54, 1.807) is 19.2 Å². The molecule has 0 bridgehead atoms. The van der Waals surface area contributed by atoms with Crippen LogP contribution in [0.4, 0.5) is 4.79 Å². The molecule has 0 radical (unpaired) electrons. The molecule has 3 N–H and O–H groups in total. The lowest BCUT2D eigenvalue weighted by Gasteiger charge is -2.11. The molecule has 0 spiro atoms. The second-order valence-electron chi connectivity index (χ2n) is 5.48. The van der Waals surface area contributed by atoms with Gasteiger partial charge < -0.3 is 25.1 Å². The molecule has 0 aliphatic rings. The van der Waals surface area contributed by atoms with Gasteiger partial charge in [0.15, 0.2) is 5.76 Å². The Morgan fingerprint density at radius 1 is 1.08 bits per heavy atom. The normalized spacial score (nSPS) is 10.2. The molecule has 1 heterocycles. The van der Waals surface area contributed by atoms with E-state index in [1.807, 2.05) is 25.1 Å². The maximum Gasteiger partial charge on any atom is 0.314 e. The number of nitrogens with one attached hydrogen (secondary N) is 3. The molecule has 1 aromatic carbocycles. The van der Waals surface area contributed by atoms with Gasteiger partial charge in [-0.15, -0.1) is 0 Å². The summed E-state index contributed by atoms with van der Waals surface area (Å²) in [6, 6.07) is 8.90. The first kappa shape index (κ1) is 18.4. The van der Waals surface area contributed by atoms with E-state index >= 15 is 0 Å². The number of carbonyl (C=O) groups excluding carboxylic acids is 2. The first-order chi connectivity index (χ1) is 12.1. The van der Waals surface area contributed by atoms with E-state index in [4.69, 9.17) is 9.15 Å². The summed E-state index contributed by atoms with van der Waals surface area (Å²) in [4.78, 5) is 23.4. The lowest BCUT2D eigenvalue weighted by atomic mass is 10.1. The van der Waals surface area contributed by atoms with E-state index in [-0.39, 0.29) is 17.7 Å². The van der Waals surface area contributed by atoms with Gasteiger partial charge in [-0.2, -0.15) is 0 Å².